The van der Waals surface area contributed by atoms with Gasteiger partial charge in [0.1, 0.15) is 0 Å². The molecular weight excluding hydrogens is 204 g/mol. The second-order valence-electron chi connectivity index (χ2n) is 3.64. The van der Waals surface area contributed by atoms with Gasteiger partial charge in [0.2, 0.25) is 0 Å². The molecule has 5 nitrogen and oxygen atoms in total. The standard InChI is InChI=1S/C11H22N4O/c1-4-11-10(9-12-3)13-14-15(11)7-6-8-16-5-2/h12H,4-9H2,1-3H3. The molecule has 0 saturated carbocycles. The maximum Gasteiger partial charge on any atom is 0.0996 e. The molecule has 1 heterocycles. The van der Waals surface area contributed by atoms with E-state index in [0.29, 0.717) is 0 Å². The van der Waals surface area contributed by atoms with Gasteiger partial charge in [-0.2, -0.15) is 0 Å². The lowest BCUT2D eigenvalue weighted by atomic mass is 10.2. The molecule has 0 fully saturated rings. The summed E-state index contributed by atoms with van der Waals surface area (Å²) in [4.78, 5) is 0. The third-order valence-electron chi connectivity index (χ3n) is 2.46. The van der Waals surface area contributed by atoms with Gasteiger partial charge >= 0.3 is 0 Å². The van der Waals surface area contributed by atoms with Crippen LogP contribution in [0.3, 0.4) is 0 Å². The minimum atomic E-state index is 0.781. The molecule has 0 radical (unpaired) electrons. The second kappa shape index (κ2) is 7.35. The van der Waals surface area contributed by atoms with Crippen LogP contribution in [0.2, 0.25) is 0 Å². The average molecular weight is 226 g/mol. The Morgan fingerprint density at radius 2 is 2.19 bits per heavy atom. The van der Waals surface area contributed by atoms with Gasteiger partial charge in [-0.3, -0.25) is 0 Å². The number of rotatable bonds is 8. The molecular formula is C11H22N4O. The smallest absolute Gasteiger partial charge is 0.0996 e. The highest BCUT2D eigenvalue weighted by atomic mass is 16.5. The molecule has 0 spiro atoms. The van der Waals surface area contributed by atoms with Crippen molar-refractivity contribution in [3.63, 3.8) is 0 Å². The fourth-order valence-corrected chi connectivity index (χ4v) is 1.70. The molecule has 1 N–H and O–H groups in total. The van der Waals surface area contributed by atoms with Gasteiger partial charge in [-0.1, -0.05) is 12.1 Å². The Bertz CT molecular complexity index is 298. The minimum Gasteiger partial charge on any atom is -0.382 e. The Balaban J connectivity index is 2.51. The Kier molecular flexibility index (Phi) is 6.03. The Hall–Kier alpha value is -0.940. The predicted octanol–water partition coefficient (Wildman–Crippen LogP) is 0.986. The molecule has 16 heavy (non-hydrogen) atoms. The molecule has 0 aliphatic rings. The first-order valence-corrected chi connectivity index (χ1v) is 5.97. The summed E-state index contributed by atoms with van der Waals surface area (Å²) in [6.45, 7) is 7.40. The van der Waals surface area contributed by atoms with Crippen molar-refractivity contribution in [1.82, 2.24) is 20.3 Å². The van der Waals surface area contributed by atoms with Gasteiger partial charge in [0.25, 0.3) is 0 Å². The lowest BCUT2D eigenvalue weighted by Crippen LogP contribution is -2.11. The van der Waals surface area contributed by atoms with Crippen molar-refractivity contribution in [2.75, 3.05) is 20.3 Å². The molecule has 0 saturated heterocycles. The van der Waals surface area contributed by atoms with Gasteiger partial charge in [0.15, 0.2) is 0 Å². The fourth-order valence-electron chi connectivity index (χ4n) is 1.70. The monoisotopic (exact) mass is 226 g/mol. The predicted molar refractivity (Wildman–Crippen MR) is 63.3 cm³/mol. The Morgan fingerprint density at radius 3 is 2.81 bits per heavy atom. The summed E-state index contributed by atoms with van der Waals surface area (Å²) in [6, 6.07) is 0. The molecule has 0 aliphatic heterocycles. The summed E-state index contributed by atoms with van der Waals surface area (Å²) >= 11 is 0. The van der Waals surface area contributed by atoms with E-state index in [1.165, 1.54) is 5.69 Å². The topological polar surface area (TPSA) is 52.0 Å². The number of aromatic nitrogens is 3. The first-order valence-electron chi connectivity index (χ1n) is 5.97. The highest BCUT2D eigenvalue weighted by molar-refractivity contribution is 5.09. The minimum absolute atomic E-state index is 0.781. The van der Waals surface area contributed by atoms with Crippen molar-refractivity contribution in [2.24, 2.45) is 0 Å². The third-order valence-corrected chi connectivity index (χ3v) is 2.46. The van der Waals surface area contributed by atoms with E-state index in [2.05, 4.69) is 22.6 Å². The lowest BCUT2D eigenvalue weighted by Gasteiger charge is -2.06. The molecule has 0 aromatic carbocycles. The number of hydrogen-bond acceptors (Lipinski definition) is 4. The molecule has 0 aliphatic carbocycles. The zero-order valence-corrected chi connectivity index (χ0v) is 10.5. The van der Waals surface area contributed by atoms with Gasteiger partial charge in [-0.05, 0) is 26.8 Å². The van der Waals surface area contributed by atoms with Gasteiger partial charge in [-0.15, -0.1) is 5.10 Å². The van der Waals surface area contributed by atoms with Crippen molar-refractivity contribution in [1.29, 1.82) is 0 Å². The molecule has 92 valence electrons. The number of nitrogens with one attached hydrogen (secondary N) is 1. The van der Waals surface area contributed by atoms with Crippen molar-refractivity contribution in [2.45, 2.75) is 39.8 Å². The average Bonchev–Trinajstić information content (AvgIpc) is 2.67. The number of hydrogen-bond donors (Lipinski definition) is 1. The molecule has 1 aromatic rings. The van der Waals surface area contributed by atoms with Crippen LogP contribution in [0.25, 0.3) is 0 Å². The second-order valence-corrected chi connectivity index (χ2v) is 3.64. The zero-order valence-electron chi connectivity index (χ0n) is 10.5. The van der Waals surface area contributed by atoms with Crippen LogP contribution in [0.5, 0.6) is 0 Å². The van der Waals surface area contributed by atoms with E-state index >= 15 is 0 Å². The first-order chi connectivity index (χ1) is 7.83. The van der Waals surface area contributed by atoms with Crippen molar-refractivity contribution < 1.29 is 4.74 Å². The van der Waals surface area contributed by atoms with Crippen LogP contribution in [-0.2, 0) is 24.2 Å². The van der Waals surface area contributed by atoms with Crippen LogP contribution < -0.4 is 5.32 Å². The van der Waals surface area contributed by atoms with Gasteiger partial charge < -0.3 is 10.1 Å². The van der Waals surface area contributed by atoms with E-state index in [9.17, 15) is 0 Å². The van der Waals surface area contributed by atoms with Crippen LogP contribution in [0.4, 0.5) is 0 Å². The normalized spacial score (nSPS) is 10.9. The van der Waals surface area contributed by atoms with E-state index in [4.69, 9.17) is 4.74 Å². The van der Waals surface area contributed by atoms with Crippen molar-refractivity contribution in [3.05, 3.63) is 11.4 Å². The van der Waals surface area contributed by atoms with Crippen LogP contribution in [0.1, 0.15) is 31.7 Å². The summed E-state index contributed by atoms with van der Waals surface area (Å²) in [7, 11) is 1.92. The summed E-state index contributed by atoms with van der Waals surface area (Å²) in [5, 5.41) is 11.5. The molecule has 0 atom stereocenters. The number of ether oxygens (including phenoxy) is 1. The maximum atomic E-state index is 5.31. The third kappa shape index (κ3) is 3.57. The SMILES string of the molecule is CCOCCCn1nnc(CNC)c1CC. The largest absolute Gasteiger partial charge is 0.382 e. The van der Waals surface area contributed by atoms with Crippen LogP contribution in [0.15, 0.2) is 0 Å². The summed E-state index contributed by atoms with van der Waals surface area (Å²) in [5.74, 6) is 0. The quantitative estimate of drug-likeness (QED) is 0.672. The Labute approximate surface area is 97.2 Å². The first kappa shape index (κ1) is 13.1. The summed E-state index contributed by atoms with van der Waals surface area (Å²) in [5.41, 5.74) is 2.28. The molecule has 5 heteroatoms. The number of nitrogens with zero attached hydrogens (tertiary/aromatic N) is 3. The fraction of sp³-hybridized carbons (Fsp3) is 0.818. The molecule has 0 bridgehead atoms. The molecule has 1 aromatic heterocycles. The zero-order chi connectivity index (χ0) is 11.8. The van der Waals surface area contributed by atoms with Crippen LogP contribution in [-0.4, -0.2) is 35.3 Å². The van der Waals surface area contributed by atoms with Crippen molar-refractivity contribution >= 4 is 0 Å². The summed E-state index contributed by atoms with van der Waals surface area (Å²) in [6.07, 6.45) is 1.96. The Morgan fingerprint density at radius 1 is 1.38 bits per heavy atom. The number of aryl methyl sites for hydroxylation is 1. The van der Waals surface area contributed by atoms with Gasteiger partial charge in [0.05, 0.1) is 11.4 Å². The van der Waals surface area contributed by atoms with E-state index < -0.39 is 0 Å². The summed E-state index contributed by atoms with van der Waals surface area (Å²) < 4.78 is 7.30. The molecule has 0 unspecified atom stereocenters. The molecule has 0 amide bonds. The van der Waals surface area contributed by atoms with Crippen LogP contribution >= 0.6 is 0 Å². The molecule has 1 rings (SSSR count). The van der Waals surface area contributed by atoms with Crippen LogP contribution in [0, 0.1) is 0 Å². The van der Waals surface area contributed by atoms with E-state index in [-0.39, 0.29) is 0 Å². The highest BCUT2D eigenvalue weighted by Crippen LogP contribution is 2.06. The highest BCUT2D eigenvalue weighted by Gasteiger charge is 2.09. The van der Waals surface area contributed by atoms with Gasteiger partial charge in [-0.25, -0.2) is 4.68 Å². The van der Waals surface area contributed by atoms with Gasteiger partial charge in [0, 0.05) is 26.3 Å². The van der Waals surface area contributed by atoms with E-state index in [1.54, 1.807) is 0 Å². The lowest BCUT2D eigenvalue weighted by molar-refractivity contribution is 0.140. The maximum absolute atomic E-state index is 5.31. The van der Waals surface area contributed by atoms with Crippen molar-refractivity contribution in [3.8, 4) is 0 Å². The van der Waals surface area contributed by atoms with E-state index in [0.717, 1.165) is 44.8 Å². The van der Waals surface area contributed by atoms with E-state index in [1.807, 2.05) is 18.7 Å².